The van der Waals surface area contributed by atoms with Crippen LogP contribution < -0.4 is 5.56 Å². The highest BCUT2D eigenvalue weighted by atomic mass is 19.1. The standard InChI is InChI=1S/C21H20FN5O/c22-16-9-7-15(8-10-16)13-26-20(28)17-5-1-2-6-18(17)27-19(23-24-21(26)27)14-25-11-3-4-12-25/h1-2,5-10H,3-4,11-14H2. The molecule has 28 heavy (non-hydrogen) atoms. The molecule has 0 amide bonds. The van der Waals surface area contributed by atoms with E-state index in [0.717, 1.165) is 30.0 Å². The second kappa shape index (κ2) is 6.83. The van der Waals surface area contributed by atoms with Crippen molar-refractivity contribution in [3.05, 3.63) is 76.1 Å². The Kier molecular flexibility index (Phi) is 4.16. The SMILES string of the molecule is O=c1c2ccccc2n2c(CN3CCCC3)nnc2n1Cc1ccc(F)cc1. The summed E-state index contributed by atoms with van der Waals surface area (Å²) in [4.78, 5) is 15.5. The summed E-state index contributed by atoms with van der Waals surface area (Å²) in [6.45, 7) is 3.14. The second-order valence-corrected chi connectivity index (χ2v) is 7.27. The van der Waals surface area contributed by atoms with Gasteiger partial charge in [0, 0.05) is 0 Å². The molecule has 0 N–H and O–H groups in total. The quantitative estimate of drug-likeness (QED) is 0.549. The summed E-state index contributed by atoms with van der Waals surface area (Å²) in [5.41, 5.74) is 1.54. The molecule has 0 spiro atoms. The molecule has 0 unspecified atom stereocenters. The fourth-order valence-electron chi connectivity index (χ4n) is 3.97. The molecule has 0 aliphatic carbocycles. The predicted octanol–water partition coefficient (Wildman–Crippen LogP) is 2.83. The molecule has 0 saturated carbocycles. The molecule has 1 saturated heterocycles. The van der Waals surface area contributed by atoms with Crippen LogP contribution in [0.25, 0.3) is 16.7 Å². The van der Waals surface area contributed by atoms with Gasteiger partial charge in [0.15, 0.2) is 5.82 Å². The molecule has 1 fully saturated rings. The monoisotopic (exact) mass is 377 g/mol. The highest BCUT2D eigenvalue weighted by Crippen LogP contribution is 2.18. The van der Waals surface area contributed by atoms with Gasteiger partial charge >= 0.3 is 0 Å². The zero-order valence-corrected chi connectivity index (χ0v) is 15.4. The Morgan fingerprint density at radius 3 is 2.46 bits per heavy atom. The molecule has 1 aliphatic heterocycles. The second-order valence-electron chi connectivity index (χ2n) is 7.27. The van der Waals surface area contributed by atoms with Crippen LogP contribution in [-0.2, 0) is 13.1 Å². The Hall–Kier alpha value is -3.06. The van der Waals surface area contributed by atoms with Crippen LogP contribution in [-0.4, -0.2) is 37.2 Å². The van der Waals surface area contributed by atoms with Gasteiger partial charge in [0.1, 0.15) is 5.82 Å². The van der Waals surface area contributed by atoms with Crippen molar-refractivity contribution < 1.29 is 4.39 Å². The first kappa shape index (κ1) is 17.1. The highest BCUT2D eigenvalue weighted by molar-refractivity contribution is 5.80. The lowest BCUT2D eigenvalue weighted by atomic mass is 10.2. The van der Waals surface area contributed by atoms with E-state index in [1.54, 1.807) is 16.7 Å². The molecule has 7 heteroatoms. The van der Waals surface area contributed by atoms with Gasteiger partial charge in [0.05, 0.1) is 24.0 Å². The number of nitrogens with zero attached hydrogens (tertiary/aromatic N) is 5. The summed E-state index contributed by atoms with van der Waals surface area (Å²) in [6, 6.07) is 13.7. The number of aromatic nitrogens is 4. The van der Waals surface area contributed by atoms with Crippen molar-refractivity contribution in [3.63, 3.8) is 0 Å². The molecule has 142 valence electrons. The molecule has 6 nitrogen and oxygen atoms in total. The van der Waals surface area contributed by atoms with Crippen LogP contribution in [0.5, 0.6) is 0 Å². The number of likely N-dealkylation sites (tertiary alicyclic amines) is 1. The molecule has 2 aromatic carbocycles. The van der Waals surface area contributed by atoms with Gasteiger partial charge in [-0.3, -0.25) is 18.7 Å². The van der Waals surface area contributed by atoms with E-state index in [-0.39, 0.29) is 11.4 Å². The van der Waals surface area contributed by atoms with Gasteiger partial charge in [-0.15, -0.1) is 10.2 Å². The van der Waals surface area contributed by atoms with Crippen molar-refractivity contribution in [1.29, 1.82) is 0 Å². The Labute approximate surface area is 160 Å². The summed E-state index contributed by atoms with van der Waals surface area (Å²) in [6.07, 6.45) is 2.40. The van der Waals surface area contributed by atoms with E-state index in [0.29, 0.717) is 24.3 Å². The molecule has 0 bridgehead atoms. The lowest BCUT2D eigenvalue weighted by molar-refractivity contribution is 0.321. The fourth-order valence-corrected chi connectivity index (χ4v) is 3.97. The first-order chi connectivity index (χ1) is 13.7. The maximum atomic E-state index is 13.3. The van der Waals surface area contributed by atoms with Crippen LogP contribution in [0.2, 0.25) is 0 Å². The van der Waals surface area contributed by atoms with Crippen molar-refractivity contribution in [2.45, 2.75) is 25.9 Å². The van der Waals surface area contributed by atoms with Crippen molar-refractivity contribution in [3.8, 4) is 0 Å². The number of hydrogen-bond donors (Lipinski definition) is 0. The number of fused-ring (bicyclic) bond motifs is 3. The van der Waals surface area contributed by atoms with Crippen LogP contribution in [0, 0.1) is 5.82 Å². The molecular weight excluding hydrogens is 357 g/mol. The Balaban J connectivity index is 1.70. The Morgan fingerprint density at radius 1 is 0.929 bits per heavy atom. The molecular formula is C21H20FN5O. The van der Waals surface area contributed by atoms with Crippen molar-refractivity contribution in [2.24, 2.45) is 0 Å². The third-order valence-corrected chi connectivity index (χ3v) is 5.39. The summed E-state index contributed by atoms with van der Waals surface area (Å²) < 4.78 is 16.9. The van der Waals surface area contributed by atoms with E-state index < -0.39 is 0 Å². The van der Waals surface area contributed by atoms with Gasteiger partial charge in [0.25, 0.3) is 5.56 Å². The first-order valence-corrected chi connectivity index (χ1v) is 9.53. The van der Waals surface area contributed by atoms with Crippen LogP contribution in [0.1, 0.15) is 24.2 Å². The highest BCUT2D eigenvalue weighted by Gasteiger charge is 2.20. The van der Waals surface area contributed by atoms with Crippen molar-refractivity contribution >= 4 is 16.7 Å². The minimum Gasteiger partial charge on any atom is -0.296 e. The predicted molar refractivity (Wildman–Crippen MR) is 105 cm³/mol. The van der Waals surface area contributed by atoms with Gasteiger partial charge in [-0.25, -0.2) is 4.39 Å². The smallest absolute Gasteiger partial charge is 0.263 e. The van der Waals surface area contributed by atoms with Crippen molar-refractivity contribution in [1.82, 2.24) is 24.1 Å². The average molecular weight is 377 g/mol. The lowest BCUT2D eigenvalue weighted by Gasteiger charge is -2.15. The summed E-state index contributed by atoms with van der Waals surface area (Å²) >= 11 is 0. The topological polar surface area (TPSA) is 55.4 Å². The Bertz CT molecular complexity index is 1210. The molecule has 4 aromatic rings. The zero-order valence-electron chi connectivity index (χ0n) is 15.4. The van der Waals surface area contributed by atoms with Crippen LogP contribution >= 0.6 is 0 Å². The van der Waals surface area contributed by atoms with Gasteiger partial charge in [-0.2, -0.15) is 0 Å². The molecule has 3 heterocycles. The van der Waals surface area contributed by atoms with Crippen molar-refractivity contribution in [2.75, 3.05) is 13.1 Å². The molecule has 0 radical (unpaired) electrons. The molecule has 1 aliphatic rings. The largest absolute Gasteiger partial charge is 0.296 e. The maximum Gasteiger partial charge on any atom is 0.263 e. The third kappa shape index (κ3) is 2.88. The maximum absolute atomic E-state index is 13.3. The lowest BCUT2D eigenvalue weighted by Crippen LogP contribution is -2.25. The minimum absolute atomic E-state index is 0.118. The van der Waals surface area contributed by atoms with Gasteiger partial charge in [-0.1, -0.05) is 24.3 Å². The molecule has 0 atom stereocenters. The number of benzene rings is 2. The number of rotatable bonds is 4. The average Bonchev–Trinajstić information content (AvgIpc) is 3.37. The summed E-state index contributed by atoms with van der Waals surface area (Å²) in [5.74, 6) is 1.05. The zero-order chi connectivity index (χ0) is 19.1. The number of hydrogen-bond acceptors (Lipinski definition) is 4. The number of para-hydroxylation sites is 1. The first-order valence-electron chi connectivity index (χ1n) is 9.53. The van der Waals surface area contributed by atoms with Gasteiger partial charge in [-0.05, 0) is 55.8 Å². The third-order valence-electron chi connectivity index (χ3n) is 5.39. The van der Waals surface area contributed by atoms with Gasteiger partial charge < -0.3 is 0 Å². The van der Waals surface area contributed by atoms with E-state index in [1.807, 2.05) is 28.7 Å². The molecule has 5 rings (SSSR count). The normalized spacial score (nSPS) is 15.0. The summed E-state index contributed by atoms with van der Waals surface area (Å²) in [5, 5.41) is 9.40. The fraction of sp³-hybridized carbons (Fsp3) is 0.286. The van der Waals surface area contributed by atoms with Crippen LogP contribution in [0.4, 0.5) is 4.39 Å². The molecule has 2 aromatic heterocycles. The van der Waals surface area contributed by atoms with E-state index in [9.17, 15) is 9.18 Å². The van der Waals surface area contributed by atoms with Crippen LogP contribution in [0.15, 0.2) is 53.3 Å². The summed E-state index contributed by atoms with van der Waals surface area (Å²) in [7, 11) is 0. The Morgan fingerprint density at radius 2 is 1.68 bits per heavy atom. The van der Waals surface area contributed by atoms with Crippen LogP contribution in [0.3, 0.4) is 0 Å². The number of halogens is 1. The van der Waals surface area contributed by atoms with E-state index in [2.05, 4.69) is 15.1 Å². The minimum atomic E-state index is -0.296. The van der Waals surface area contributed by atoms with E-state index in [4.69, 9.17) is 0 Å². The van der Waals surface area contributed by atoms with E-state index >= 15 is 0 Å². The van der Waals surface area contributed by atoms with Gasteiger partial charge in [0.2, 0.25) is 5.78 Å². The van der Waals surface area contributed by atoms with E-state index in [1.165, 1.54) is 25.0 Å².